The van der Waals surface area contributed by atoms with Crippen LogP contribution in [-0.4, -0.2) is 42.3 Å². The lowest BCUT2D eigenvalue weighted by molar-refractivity contribution is 0.256. The number of benzene rings is 1. The summed E-state index contributed by atoms with van der Waals surface area (Å²) in [7, 11) is 0. The Morgan fingerprint density at radius 2 is 2.13 bits per heavy atom. The molecular formula is C11H14N2O2. The van der Waals surface area contributed by atoms with Crippen molar-refractivity contribution in [3.63, 3.8) is 0 Å². The van der Waals surface area contributed by atoms with Gasteiger partial charge in [-0.3, -0.25) is 0 Å². The first kappa shape index (κ1) is 9.98. The standard InChI is InChI=1S/C11H14N2O2/c14-8-6-13-7-9-15-11(13)12-10-4-2-1-3-5-10/h1-5,14H,6-9H2. The topological polar surface area (TPSA) is 45.1 Å². The van der Waals surface area contributed by atoms with Gasteiger partial charge in [0.25, 0.3) is 6.02 Å². The number of amidine groups is 1. The second-order valence-corrected chi connectivity index (χ2v) is 3.29. The number of hydrogen-bond acceptors (Lipinski definition) is 3. The van der Waals surface area contributed by atoms with E-state index in [1.165, 1.54) is 0 Å². The summed E-state index contributed by atoms with van der Waals surface area (Å²) in [5.74, 6) is 0. The average molecular weight is 206 g/mol. The smallest absolute Gasteiger partial charge is 0.292 e. The van der Waals surface area contributed by atoms with Gasteiger partial charge in [0, 0.05) is 6.54 Å². The van der Waals surface area contributed by atoms with E-state index in [0.29, 0.717) is 19.2 Å². The molecule has 1 aromatic rings. The van der Waals surface area contributed by atoms with Crippen LogP contribution < -0.4 is 0 Å². The third-order valence-corrected chi connectivity index (χ3v) is 2.21. The highest BCUT2D eigenvalue weighted by atomic mass is 16.5. The molecule has 1 aliphatic heterocycles. The van der Waals surface area contributed by atoms with E-state index in [4.69, 9.17) is 9.84 Å². The van der Waals surface area contributed by atoms with Crippen molar-refractivity contribution in [1.82, 2.24) is 4.90 Å². The highest BCUT2D eigenvalue weighted by molar-refractivity contribution is 5.78. The van der Waals surface area contributed by atoms with Gasteiger partial charge in [-0.25, -0.2) is 0 Å². The van der Waals surface area contributed by atoms with Crippen LogP contribution in [0.25, 0.3) is 0 Å². The summed E-state index contributed by atoms with van der Waals surface area (Å²) in [6.45, 7) is 2.14. The van der Waals surface area contributed by atoms with Crippen molar-refractivity contribution in [2.75, 3.05) is 26.3 Å². The summed E-state index contributed by atoms with van der Waals surface area (Å²) in [4.78, 5) is 6.30. The predicted molar refractivity (Wildman–Crippen MR) is 58.1 cm³/mol. The Balaban J connectivity index is 2.12. The molecule has 0 unspecified atom stereocenters. The zero-order valence-electron chi connectivity index (χ0n) is 8.47. The minimum absolute atomic E-state index is 0.122. The van der Waals surface area contributed by atoms with E-state index in [0.717, 1.165) is 12.2 Å². The third-order valence-electron chi connectivity index (χ3n) is 2.21. The molecule has 0 aromatic heterocycles. The second kappa shape index (κ2) is 4.79. The Morgan fingerprint density at radius 3 is 2.87 bits per heavy atom. The van der Waals surface area contributed by atoms with E-state index < -0.39 is 0 Å². The van der Waals surface area contributed by atoms with Crippen LogP contribution >= 0.6 is 0 Å². The van der Waals surface area contributed by atoms with Crippen molar-refractivity contribution in [2.24, 2.45) is 4.99 Å². The first-order chi connectivity index (χ1) is 7.40. The zero-order chi connectivity index (χ0) is 10.5. The fraction of sp³-hybridized carbons (Fsp3) is 0.364. The molecule has 2 rings (SSSR count). The van der Waals surface area contributed by atoms with Crippen LogP contribution in [0.15, 0.2) is 35.3 Å². The number of aliphatic imine (C=N–C) groups is 1. The molecule has 0 bridgehead atoms. The Morgan fingerprint density at radius 1 is 1.33 bits per heavy atom. The minimum Gasteiger partial charge on any atom is -0.463 e. The van der Waals surface area contributed by atoms with E-state index in [2.05, 4.69) is 4.99 Å². The number of hydrogen-bond donors (Lipinski definition) is 1. The van der Waals surface area contributed by atoms with Gasteiger partial charge in [-0.15, -0.1) is 0 Å². The molecule has 0 atom stereocenters. The molecule has 1 N–H and O–H groups in total. The van der Waals surface area contributed by atoms with Gasteiger partial charge >= 0.3 is 0 Å². The Labute approximate surface area is 88.8 Å². The summed E-state index contributed by atoms with van der Waals surface area (Å²) in [6.07, 6.45) is 0. The molecule has 0 radical (unpaired) electrons. The van der Waals surface area contributed by atoms with Crippen LogP contribution in [0.4, 0.5) is 5.69 Å². The van der Waals surface area contributed by atoms with Gasteiger partial charge < -0.3 is 14.7 Å². The number of rotatable bonds is 3. The number of β-amino-alcohol motifs (C(OH)–C–C–N with tert-alkyl or cyclic N) is 1. The molecule has 1 aliphatic rings. The van der Waals surface area contributed by atoms with Gasteiger partial charge in [0.05, 0.1) is 18.8 Å². The van der Waals surface area contributed by atoms with E-state index >= 15 is 0 Å². The fourth-order valence-corrected chi connectivity index (χ4v) is 1.48. The molecule has 80 valence electrons. The van der Waals surface area contributed by atoms with Gasteiger partial charge in [-0.05, 0) is 12.1 Å². The van der Waals surface area contributed by atoms with Gasteiger partial charge in [-0.1, -0.05) is 18.2 Å². The van der Waals surface area contributed by atoms with E-state index in [-0.39, 0.29) is 6.61 Å². The quantitative estimate of drug-likeness (QED) is 0.802. The van der Waals surface area contributed by atoms with Crippen molar-refractivity contribution >= 4 is 11.7 Å². The van der Waals surface area contributed by atoms with Crippen molar-refractivity contribution in [2.45, 2.75) is 0 Å². The molecular weight excluding hydrogens is 192 g/mol. The monoisotopic (exact) mass is 206 g/mol. The van der Waals surface area contributed by atoms with Crippen molar-refractivity contribution < 1.29 is 9.84 Å². The highest BCUT2D eigenvalue weighted by Gasteiger charge is 2.19. The molecule has 1 heterocycles. The Bertz CT molecular complexity index is 338. The lowest BCUT2D eigenvalue weighted by atomic mass is 10.3. The number of para-hydroxylation sites is 1. The van der Waals surface area contributed by atoms with Crippen molar-refractivity contribution in [1.29, 1.82) is 0 Å². The van der Waals surface area contributed by atoms with Crippen LogP contribution in [0.3, 0.4) is 0 Å². The van der Waals surface area contributed by atoms with Crippen LogP contribution in [0.2, 0.25) is 0 Å². The molecule has 0 amide bonds. The van der Waals surface area contributed by atoms with E-state index in [1.54, 1.807) is 0 Å². The molecule has 4 nitrogen and oxygen atoms in total. The fourth-order valence-electron chi connectivity index (χ4n) is 1.48. The van der Waals surface area contributed by atoms with Gasteiger partial charge in [0.1, 0.15) is 6.61 Å². The number of ether oxygens (including phenoxy) is 1. The van der Waals surface area contributed by atoms with Crippen LogP contribution in [0, 0.1) is 0 Å². The Hall–Kier alpha value is -1.55. The minimum atomic E-state index is 0.122. The first-order valence-electron chi connectivity index (χ1n) is 5.02. The lowest BCUT2D eigenvalue weighted by Crippen LogP contribution is -2.28. The normalized spacial score (nSPS) is 18.2. The molecule has 0 saturated carbocycles. The van der Waals surface area contributed by atoms with Crippen molar-refractivity contribution in [3.8, 4) is 0 Å². The number of aliphatic hydroxyl groups is 1. The number of aliphatic hydroxyl groups excluding tert-OH is 1. The Kier molecular flexibility index (Phi) is 3.19. The maximum atomic E-state index is 8.86. The molecule has 15 heavy (non-hydrogen) atoms. The van der Waals surface area contributed by atoms with Gasteiger partial charge in [0.2, 0.25) is 0 Å². The lowest BCUT2D eigenvalue weighted by Gasteiger charge is -2.13. The maximum absolute atomic E-state index is 8.86. The second-order valence-electron chi connectivity index (χ2n) is 3.29. The van der Waals surface area contributed by atoms with Crippen LogP contribution in [-0.2, 0) is 4.74 Å². The first-order valence-corrected chi connectivity index (χ1v) is 5.02. The molecule has 1 saturated heterocycles. The van der Waals surface area contributed by atoms with Gasteiger partial charge in [0.15, 0.2) is 0 Å². The summed E-state index contributed by atoms with van der Waals surface area (Å²) in [5.41, 5.74) is 0.873. The number of nitrogens with zero attached hydrogens (tertiary/aromatic N) is 2. The maximum Gasteiger partial charge on any atom is 0.292 e. The van der Waals surface area contributed by atoms with Crippen LogP contribution in [0.5, 0.6) is 0 Å². The molecule has 0 aliphatic carbocycles. The summed E-state index contributed by atoms with van der Waals surface area (Å²) < 4.78 is 5.39. The predicted octanol–water partition coefficient (Wildman–Crippen LogP) is 0.999. The van der Waals surface area contributed by atoms with Crippen molar-refractivity contribution in [3.05, 3.63) is 30.3 Å². The third kappa shape index (κ3) is 2.47. The molecule has 1 aromatic carbocycles. The summed E-state index contributed by atoms with van der Waals surface area (Å²) in [6, 6.07) is 10.3. The zero-order valence-corrected chi connectivity index (χ0v) is 8.47. The van der Waals surface area contributed by atoms with Crippen LogP contribution in [0.1, 0.15) is 0 Å². The molecule has 1 fully saturated rings. The SMILES string of the molecule is OCCN1CCOC1=Nc1ccccc1. The largest absolute Gasteiger partial charge is 0.463 e. The molecule has 4 heteroatoms. The summed E-state index contributed by atoms with van der Waals surface area (Å²) in [5, 5.41) is 8.86. The van der Waals surface area contributed by atoms with E-state index in [9.17, 15) is 0 Å². The summed E-state index contributed by atoms with van der Waals surface area (Å²) >= 11 is 0. The molecule has 0 spiro atoms. The average Bonchev–Trinajstić information content (AvgIpc) is 2.68. The van der Waals surface area contributed by atoms with E-state index in [1.807, 2.05) is 35.2 Å². The van der Waals surface area contributed by atoms with Gasteiger partial charge in [-0.2, -0.15) is 4.99 Å². The highest BCUT2D eigenvalue weighted by Crippen LogP contribution is 2.13.